The Hall–Kier alpha value is -1.08. The highest BCUT2D eigenvalue weighted by molar-refractivity contribution is 5.95. The van der Waals surface area contributed by atoms with E-state index in [-0.39, 0.29) is 24.2 Å². The van der Waals surface area contributed by atoms with Gasteiger partial charge >= 0.3 is 0 Å². The predicted octanol–water partition coefficient (Wildman–Crippen LogP) is 1.38. The number of aliphatic hydroxyl groups is 2. The van der Waals surface area contributed by atoms with E-state index in [2.05, 4.69) is 13.0 Å². The first-order valence-electron chi connectivity index (χ1n) is 9.50. The van der Waals surface area contributed by atoms with Crippen LogP contribution < -0.4 is 0 Å². The molecule has 1 spiro atoms. The summed E-state index contributed by atoms with van der Waals surface area (Å²) in [4.78, 5) is 25.3. The highest BCUT2D eigenvalue weighted by Crippen LogP contribution is 2.61. The van der Waals surface area contributed by atoms with Crippen molar-refractivity contribution in [2.75, 3.05) is 6.61 Å². The van der Waals surface area contributed by atoms with Crippen LogP contribution in [0.2, 0.25) is 0 Å². The summed E-state index contributed by atoms with van der Waals surface area (Å²) >= 11 is 0. The number of hydrogen-bond donors (Lipinski definition) is 2. The molecule has 1 saturated carbocycles. The lowest BCUT2D eigenvalue weighted by atomic mass is 9.45. The second-order valence-electron chi connectivity index (χ2n) is 9.05. The van der Waals surface area contributed by atoms with Crippen molar-refractivity contribution >= 4 is 11.6 Å². The molecule has 0 aromatic rings. The summed E-state index contributed by atoms with van der Waals surface area (Å²) in [7, 11) is 0. The van der Waals surface area contributed by atoms with Crippen LogP contribution in [0, 0.1) is 22.7 Å². The van der Waals surface area contributed by atoms with Gasteiger partial charge in [0, 0.05) is 0 Å². The van der Waals surface area contributed by atoms with Crippen molar-refractivity contribution in [1.29, 1.82) is 0 Å². The van der Waals surface area contributed by atoms with Gasteiger partial charge in [0.1, 0.15) is 12.2 Å². The van der Waals surface area contributed by atoms with Crippen molar-refractivity contribution in [3.8, 4) is 0 Å². The van der Waals surface area contributed by atoms with E-state index in [0.29, 0.717) is 6.42 Å². The molecule has 0 aromatic heterocycles. The lowest BCUT2D eigenvalue weighted by molar-refractivity contribution is -0.173. The fraction of sp³-hybridized carbons (Fsp3) is 0.800. The van der Waals surface area contributed by atoms with Crippen LogP contribution in [-0.2, 0) is 19.1 Å². The van der Waals surface area contributed by atoms with E-state index in [1.807, 2.05) is 20.8 Å². The number of hydrogen-bond acceptors (Lipinski definition) is 6. The van der Waals surface area contributed by atoms with Gasteiger partial charge in [0.25, 0.3) is 0 Å². The molecular formula is C20H28O6. The molecule has 0 bridgehead atoms. The summed E-state index contributed by atoms with van der Waals surface area (Å²) in [5.41, 5.74) is -1.16. The zero-order chi connectivity index (χ0) is 19.1. The Labute approximate surface area is 153 Å². The van der Waals surface area contributed by atoms with Gasteiger partial charge in [-0.15, -0.1) is 0 Å². The molecule has 6 nitrogen and oxygen atoms in total. The number of Topliss-reactive ketones (excluding diaryl/α,β-unsaturated/α-hetero) is 2. The van der Waals surface area contributed by atoms with Crippen molar-refractivity contribution in [2.24, 2.45) is 22.7 Å². The summed E-state index contributed by atoms with van der Waals surface area (Å²) in [6, 6.07) is 0. The van der Waals surface area contributed by atoms with E-state index in [4.69, 9.17) is 9.47 Å². The van der Waals surface area contributed by atoms with E-state index in [0.717, 1.165) is 18.4 Å². The number of epoxide rings is 1. The van der Waals surface area contributed by atoms with Crippen molar-refractivity contribution < 1.29 is 29.3 Å². The Morgan fingerprint density at radius 3 is 2.50 bits per heavy atom. The summed E-state index contributed by atoms with van der Waals surface area (Å²) in [5, 5.41) is 20.6. The van der Waals surface area contributed by atoms with Gasteiger partial charge in [-0.1, -0.05) is 25.5 Å². The van der Waals surface area contributed by atoms with Crippen LogP contribution in [0.1, 0.15) is 47.0 Å². The maximum Gasteiger partial charge on any atom is 0.225 e. The molecule has 0 aromatic carbocycles. The van der Waals surface area contributed by atoms with Gasteiger partial charge in [-0.2, -0.15) is 0 Å². The van der Waals surface area contributed by atoms with E-state index < -0.39 is 40.7 Å². The minimum Gasteiger partial charge on any atom is -0.385 e. The number of allylic oxidation sites excluding steroid dienone is 2. The SMILES string of the molecule is CC1=CCC[C@@H]2[C@]1(C)C(=O)[C@H](O)[C@@H](C)[C@@]2(C)C[C@H]1OC(O)C(=O)[C@]12CO2. The average Bonchev–Trinajstić information content (AvgIpc) is 3.37. The molecule has 8 atom stereocenters. The Morgan fingerprint density at radius 2 is 1.88 bits per heavy atom. The Morgan fingerprint density at radius 1 is 1.23 bits per heavy atom. The smallest absolute Gasteiger partial charge is 0.225 e. The summed E-state index contributed by atoms with van der Waals surface area (Å²) < 4.78 is 11.0. The number of carbonyl (C=O) groups is 2. The number of ether oxygens (including phenoxy) is 2. The minimum atomic E-state index is -1.45. The van der Waals surface area contributed by atoms with Crippen LogP contribution in [0.25, 0.3) is 0 Å². The maximum absolute atomic E-state index is 13.0. The molecule has 2 N–H and O–H groups in total. The van der Waals surface area contributed by atoms with Gasteiger partial charge in [0.15, 0.2) is 11.4 Å². The maximum atomic E-state index is 13.0. The molecule has 26 heavy (non-hydrogen) atoms. The molecule has 4 aliphatic rings. The number of fused-ring (bicyclic) bond motifs is 1. The standard InChI is InChI=1S/C20H28O6/c1-10-6-5-7-12-18(3,11(2)14(21)15(22)19(10,12)4)8-13-20(9-25-20)16(23)17(24)26-13/h6,11-14,17,21,24H,5,7-9H2,1-4H3/t11-,12+,13-,14-,17?,18-,19-,20+/m1/s1. The van der Waals surface area contributed by atoms with Crippen molar-refractivity contribution in [1.82, 2.24) is 0 Å². The summed E-state index contributed by atoms with van der Waals surface area (Å²) in [5.74, 6) is -0.750. The minimum absolute atomic E-state index is 0.0399. The van der Waals surface area contributed by atoms with Gasteiger partial charge in [-0.05, 0) is 50.4 Å². The van der Waals surface area contributed by atoms with Crippen molar-refractivity contribution in [3.63, 3.8) is 0 Å². The molecule has 0 amide bonds. The fourth-order valence-corrected chi connectivity index (χ4v) is 5.85. The summed E-state index contributed by atoms with van der Waals surface area (Å²) in [6.45, 7) is 8.17. The third-order valence-electron chi connectivity index (χ3n) is 8.05. The van der Waals surface area contributed by atoms with E-state index in [1.54, 1.807) is 0 Å². The van der Waals surface area contributed by atoms with Crippen LogP contribution in [0.15, 0.2) is 11.6 Å². The van der Waals surface area contributed by atoms with Crippen LogP contribution in [0.5, 0.6) is 0 Å². The van der Waals surface area contributed by atoms with Crippen LogP contribution in [0.3, 0.4) is 0 Å². The van der Waals surface area contributed by atoms with Crippen LogP contribution in [0.4, 0.5) is 0 Å². The normalized spacial score (nSPS) is 53.6. The first kappa shape index (κ1) is 18.3. The molecule has 6 heteroatoms. The molecule has 2 aliphatic carbocycles. The first-order valence-corrected chi connectivity index (χ1v) is 9.50. The molecule has 4 rings (SSSR count). The molecule has 1 unspecified atom stereocenters. The first-order chi connectivity index (χ1) is 12.1. The topological polar surface area (TPSA) is 96.4 Å². The highest BCUT2D eigenvalue weighted by Gasteiger charge is 2.69. The lowest BCUT2D eigenvalue weighted by Crippen LogP contribution is -2.62. The Balaban J connectivity index is 1.73. The van der Waals surface area contributed by atoms with Gasteiger partial charge in [0.05, 0.1) is 12.0 Å². The number of carbonyl (C=O) groups excluding carboxylic acids is 2. The van der Waals surface area contributed by atoms with Crippen LogP contribution in [-0.4, -0.2) is 52.5 Å². The van der Waals surface area contributed by atoms with Gasteiger partial charge in [-0.25, -0.2) is 0 Å². The molecule has 2 aliphatic heterocycles. The highest BCUT2D eigenvalue weighted by atomic mass is 16.7. The lowest BCUT2D eigenvalue weighted by Gasteiger charge is -2.58. The molecule has 3 fully saturated rings. The second-order valence-corrected chi connectivity index (χ2v) is 9.05. The van der Waals surface area contributed by atoms with Crippen molar-refractivity contribution in [3.05, 3.63) is 11.6 Å². The second kappa shape index (κ2) is 5.47. The Bertz CT molecular complexity index is 694. The van der Waals surface area contributed by atoms with Gasteiger partial charge in [0.2, 0.25) is 12.1 Å². The van der Waals surface area contributed by atoms with E-state index in [1.165, 1.54) is 0 Å². The largest absolute Gasteiger partial charge is 0.385 e. The monoisotopic (exact) mass is 364 g/mol. The third-order valence-corrected chi connectivity index (χ3v) is 8.05. The Kier molecular flexibility index (Phi) is 3.85. The molecule has 2 saturated heterocycles. The van der Waals surface area contributed by atoms with Crippen molar-refractivity contribution in [2.45, 2.75) is 71.1 Å². The van der Waals surface area contributed by atoms with Gasteiger partial charge in [-0.3, -0.25) is 9.59 Å². The number of ketones is 2. The molecule has 2 heterocycles. The quantitative estimate of drug-likeness (QED) is 0.568. The molecule has 144 valence electrons. The van der Waals surface area contributed by atoms with Gasteiger partial charge < -0.3 is 19.7 Å². The zero-order valence-corrected chi connectivity index (χ0v) is 15.8. The number of rotatable bonds is 2. The third kappa shape index (κ3) is 2.07. The molecule has 0 radical (unpaired) electrons. The fourth-order valence-electron chi connectivity index (χ4n) is 5.85. The van der Waals surface area contributed by atoms with Crippen LogP contribution >= 0.6 is 0 Å². The average molecular weight is 364 g/mol. The zero-order valence-electron chi connectivity index (χ0n) is 15.8. The molecular weight excluding hydrogens is 336 g/mol. The predicted molar refractivity (Wildman–Crippen MR) is 92.1 cm³/mol. The van der Waals surface area contributed by atoms with E-state index >= 15 is 0 Å². The summed E-state index contributed by atoms with van der Waals surface area (Å²) in [6.07, 6.45) is 1.26. The number of aliphatic hydroxyl groups excluding tert-OH is 2. The van der Waals surface area contributed by atoms with E-state index in [9.17, 15) is 19.8 Å².